The maximum atomic E-state index is 10.8. The maximum Gasteiger partial charge on any atom is 0.317 e. The summed E-state index contributed by atoms with van der Waals surface area (Å²) in [7, 11) is 0. The van der Waals surface area contributed by atoms with E-state index in [0.29, 0.717) is 12.6 Å². The fourth-order valence-corrected chi connectivity index (χ4v) is 2.67. The van der Waals surface area contributed by atoms with E-state index in [-0.39, 0.29) is 6.54 Å². The summed E-state index contributed by atoms with van der Waals surface area (Å²) in [5.74, 6) is -0.786. The van der Waals surface area contributed by atoms with Gasteiger partial charge in [0.2, 0.25) is 0 Å². The highest BCUT2D eigenvalue weighted by atomic mass is 16.4. The average molecular weight is 227 g/mol. The zero-order valence-corrected chi connectivity index (χ0v) is 9.69. The molecular weight excluding hydrogens is 206 g/mol. The number of carboxylic acid groups (broad SMARTS) is 1. The number of hydrogen-bond acceptors (Lipinski definition) is 3. The van der Waals surface area contributed by atoms with E-state index < -0.39 is 11.6 Å². The Kier molecular flexibility index (Phi) is 3.50. The van der Waals surface area contributed by atoms with E-state index in [1.54, 1.807) is 0 Å². The van der Waals surface area contributed by atoms with Gasteiger partial charge in [-0.05, 0) is 25.7 Å². The largest absolute Gasteiger partial charge is 0.480 e. The van der Waals surface area contributed by atoms with E-state index in [9.17, 15) is 9.90 Å². The fourth-order valence-electron chi connectivity index (χ4n) is 2.67. The monoisotopic (exact) mass is 227 g/mol. The first kappa shape index (κ1) is 11.9. The van der Waals surface area contributed by atoms with Crippen LogP contribution in [0.4, 0.5) is 0 Å². The van der Waals surface area contributed by atoms with Gasteiger partial charge < -0.3 is 10.2 Å². The van der Waals surface area contributed by atoms with E-state index >= 15 is 0 Å². The zero-order valence-electron chi connectivity index (χ0n) is 9.69. The van der Waals surface area contributed by atoms with Crippen LogP contribution in [-0.4, -0.2) is 45.8 Å². The molecule has 0 saturated heterocycles. The number of hydrogen-bond donors (Lipinski definition) is 2. The van der Waals surface area contributed by atoms with E-state index in [0.717, 1.165) is 38.5 Å². The smallest absolute Gasteiger partial charge is 0.317 e. The third-order valence-electron chi connectivity index (χ3n) is 3.68. The Morgan fingerprint density at radius 3 is 2.38 bits per heavy atom. The Morgan fingerprint density at radius 2 is 1.88 bits per heavy atom. The van der Waals surface area contributed by atoms with Crippen molar-refractivity contribution in [2.24, 2.45) is 0 Å². The Hall–Kier alpha value is -0.610. The van der Waals surface area contributed by atoms with Crippen molar-refractivity contribution < 1.29 is 15.0 Å². The van der Waals surface area contributed by atoms with Crippen LogP contribution >= 0.6 is 0 Å². The second-order valence-corrected chi connectivity index (χ2v) is 5.31. The molecule has 16 heavy (non-hydrogen) atoms. The fraction of sp³-hybridized carbons (Fsp3) is 0.917. The van der Waals surface area contributed by atoms with Crippen LogP contribution in [0.2, 0.25) is 0 Å². The van der Waals surface area contributed by atoms with Crippen molar-refractivity contribution in [1.82, 2.24) is 4.90 Å². The van der Waals surface area contributed by atoms with Crippen molar-refractivity contribution in [2.45, 2.75) is 56.6 Å². The van der Waals surface area contributed by atoms with E-state index in [4.69, 9.17) is 5.11 Å². The molecule has 2 rings (SSSR count). The summed E-state index contributed by atoms with van der Waals surface area (Å²) in [6.45, 7) is 0.622. The molecule has 0 radical (unpaired) electrons. The molecule has 4 nitrogen and oxygen atoms in total. The molecule has 2 saturated carbocycles. The first-order valence-corrected chi connectivity index (χ1v) is 6.27. The third kappa shape index (κ3) is 3.19. The summed E-state index contributed by atoms with van der Waals surface area (Å²) in [4.78, 5) is 12.7. The molecule has 0 atom stereocenters. The van der Waals surface area contributed by atoms with Crippen molar-refractivity contribution in [3.63, 3.8) is 0 Å². The lowest BCUT2D eigenvalue weighted by atomic mass is 9.84. The third-order valence-corrected chi connectivity index (χ3v) is 3.68. The van der Waals surface area contributed by atoms with Crippen LogP contribution in [0.15, 0.2) is 0 Å². The van der Waals surface area contributed by atoms with Gasteiger partial charge in [0.25, 0.3) is 0 Å². The number of carboxylic acids is 1. The number of aliphatic hydroxyl groups is 1. The molecule has 92 valence electrons. The second kappa shape index (κ2) is 4.72. The Morgan fingerprint density at radius 1 is 1.25 bits per heavy atom. The van der Waals surface area contributed by atoms with Crippen LogP contribution in [0.5, 0.6) is 0 Å². The van der Waals surface area contributed by atoms with E-state index in [1.807, 2.05) is 4.90 Å². The minimum atomic E-state index is -0.786. The van der Waals surface area contributed by atoms with Crippen molar-refractivity contribution in [3.05, 3.63) is 0 Å². The summed E-state index contributed by atoms with van der Waals surface area (Å²) in [6, 6.07) is 0.405. The molecule has 0 aromatic heterocycles. The van der Waals surface area contributed by atoms with Crippen molar-refractivity contribution in [2.75, 3.05) is 13.1 Å². The lowest BCUT2D eigenvalue weighted by Crippen LogP contribution is -2.47. The molecule has 0 spiro atoms. The summed E-state index contributed by atoms with van der Waals surface area (Å²) < 4.78 is 0. The quantitative estimate of drug-likeness (QED) is 0.741. The van der Waals surface area contributed by atoms with Gasteiger partial charge in [-0.2, -0.15) is 0 Å². The summed E-state index contributed by atoms with van der Waals surface area (Å²) in [6.07, 6.45) is 7.17. The topological polar surface area (TPSA) is 60.8 Å². The Balaban J connectivity index is 1.90. The van der Waals surface area contributed by atoms with Crippen LogP contribution in [0.1, 0.15) is 44.9 Å². The molecule has 0 aromatic rings. The molecule has 0 amide bonds. The predicted octanol–water partition coefficient (Wildman–Crippen LogP) is 1.23. The van der Waals surface area contributed by atoms with Gasteiger partial charge in [-0.25, -0.2) is 0 Å². The standard InChI is InChI=1S/C12H21NO3/c14-11(15)8-13(10-4-5-10)9-12(16)6-2-1-3-7-12/h10,16H,1-9H2,(H,14,15). The number of aliphatic carboxylic acids is 1. The van der Waals surface area contributed by atoms with Gasteiger partial charge in [0.1, 0.15) is 0 Å². The first-order valence-electron chi connectivity index (χ1n) is 6.27. The summed E-state index contributed by atoms with van der Waals surface area (Å²) in [5.41, 5.74) is -0.629. The Bertz CT molecular complexity index is 257. The van der Waals surface area contributed by atoms with Crippen LogP contribution in [0, 0.1) is 0 Å². The summed E-state index contributed by atoms with van der Waals surface area (Å²) in [5, 5.41) is 19.2. The highest BCUT2D eigenvalue weighted by Gasteiger charge is 2.37. The normalized spacial score (nSPS) is 24.6. The highest BCUT2D eigenvalue weighted by Crippen LogP contribution is 2.33. The molecule has 2 aliphatic rings. The van der Waals surface area contributed by atoms with Gasteiger partial charge in [-0.15, -0.1) is 0 Å². The number of nitrogens with zero attached hydrogens (tertiary/aromatic N) is 1. The molecule has 0 aliphatic heterocycles. The second-order valence-electron chi connectivity index (χ2n) is 5.31. The van der Waals surface area contributed by atoms with Gasteiger partial charge >= 0.3 is 5.97 Å². The van der Waals surface area contributed by atoms with Crippen LogP contribution < -0.4 is 0 Å². The van der Waals surface area contributed by atoms with Gasteiger partial charge in [0.15, 0.2) is 0 Å². The van der Waals surface area contributed by atoms with Crippen LogP contribution in [0.3, 0.4) is 0 Å². The summed E-state index contributed by atoms with van der Waals surface area (Å²) >= 11 is 0. The molecule has 0 bridgehead atoms. The SMILES string of the molecule is O=C(O)CN(CC1(O)CCCCC1)C1CC1. The van der Waals surface area contributed by atoms with Gasteiger partial charge in [0.05, 0.1) is 12.1 Å². The molecule has 0 unspecified atom stereocenters. The van der Waals surface area contributed by atoms with Crippen LogP contribution in [-0.2, 0) is 4.79 Å². The lowest BCUT2D eigenvalue weighted by molar-refractivity contribution is -0.139. The predicted molar refractivity (Wildman–Crippen MR) is 60.3 cm³/mol. The van der Waals surface area contributed by atoms with Crippen molar-refractivity contribution in [3.8, 4) is 0 Å². The Labute approximate surface area is 96.3 Å². The molecule has 2 N–H and O–H groups in total. The minimum Gasteiger partial charge on any atom is -0.480 e. The average Bonchev–Trinajstić information content (AvgIpc) is 2.99. The van der Waals surface area contributed by atoms with Crippen molar-refractivity contribution in [1.29, 1.82) is 0 Å². The molecule has 2 aliphatic carbocycles. The molecule has 4 heteroatoms. The van der Waals surface area contributed by atoms with Gasteiger partial charge in [-0.3, -0.25) is 9.69 Å². The van der Waals surface area contributed by atoms with E-state index in [2.05, 4.69) is 0 Å². The number of carbonyl (C=O) groups is 1. The van der Waals surface area contributed by atoms with Crippen LogP contribution in [0.25, 0.3) is 0 Å². The molecule has 2 fully saturated rings. The lowest BCUT2D eigenvalue weighted by Gasteiger charge is -2.36. The van der Waals surface area contributed by atoms with Gasteiger partial charge in [0, 0.05) is 12.6 Å². The molecular formula is C12H21NO3. The van der Waals surface area contributed by atoms with Crippen molar-refractivity contribution >= 4 is 5.97 Å². The highest BCUT2D eigenvalue weighted by molar-refractivity contribution is 5.69. The molecule has 0 aromatic carbocycles. The molecule has 0 heterocycles. The zero-order chi connectivity index (χ0) is 11.6. The number of rotatable bonds is 5. The van der Waals surface area contributed by atoms with E-state index in [1.165, 1.54) is 6.42 Å². The van der Waals surface area contributed by atoms with Gasteiger partial charge in [-0.1, -0.05) is 19.3 Å². The maximum absolute atomic E-state index is 10.8. The minimum absolute atomic E-state index is 0.0764. The first-order chi connectivity index (χ1) is 7.59.